The van der Waals surface area contributed by atoms with Crippen molar-refractivity contribution in [1.82, 2.24) is 9.80 Å². The molecule has 0 aromatic rings. The second-order valence-electron chi connectivity index (χ2n) is 4.34. The predicted molar refractivity (Wildman–Crippen MR) is 84.3 cm³/mol. The Kier molecular flexibility index (Phi) is 13.2. The van der Waals surface area contributed by atoms with Crippen LogP contribution in [0.2, 0.25) is 0 Å². The van der Waals surface area contributed by atoms with Crippen LogP contribution in [0, 0.1) is 0 Å². The van der Waals surface area contributed by atoms with Crippen LogP contribution in [0.5, 0.6) is 0 Å². The van der Waals surface area contributed by atoms with Gasteiger partial charge in [-0.3, -0.25) is 9.80 Å². The van der Waals surface area contributed by atoms with E-state index in [-0.39, 0.29) is 12.2 Å². The number of rotatable bonds is 4. The Hall–Kier alpha value is 1.99. The van der Waals surface area contributed by atoms with Gasteiger partial charge in [-0.25, -0.2) is 0 Å². The van der Waals surface area contributed by atoms with Gasteiger partial charge in [0.2, 0.25) is 0 Å². The zero-order valence-electron chi connectivity index (χ0n) is 10.3. The van der Waals surface area contributed by atoms with Gasteiger partial charge in [-0.2, -0.15) is 0 Å². The maximum absolute atomic E-state index is 9.22. The van der Waals surface area contributed by atoms with Gasteiger partial charge in [0.15, 0.2) is 0 Å². The van der Waals surface area contributed by atoms with E-state index in [1.165, 1.54) is 0 Å². The van der Waals surface area contributed by atoms with E-state index in [1.807, 2.05) is 13.8 Å². The Balaban J connectivity index is 0.000000770. The van der Waals surface area contributed by atoms with Crippen LogP contribution in [0.1, 0.15) is 13.8 Å². The summed E-state index contributed by atoms with van der Waals surface area (Å²) in [5, 5.41) is 18.4. The first kappa shape index (κ1) is 19.0. The van der Waals surface area contributed by atoms with E-state index in [1.54, 1.807) is 0 Å². The molecule has 0 aromatic carbocycles. The normalized spacial score (nSPS) is 21.8. The zero-order valence-corrected chi connectivity index (χ0v) is 16.8. The molecule has 1 fully saturated rings. The van der Waals surface area contributed by atoms with Crippen LogP contribution < -0.4 is 0 Å². The van der Waals surface area contributed by atoms with Crippen molar-refractivity contribution in [3.8, 4) is 0 Å². The third-order valence-electron chi connectivity index (χ3n) is 2.51. The predicted octanol–water partition coefficient (Wildman–Crippen LogP) is 1.13. The van der Waals surface area contributed by atoms with Crippen LogP contribution in [-0.2, 0) is 11.2 Å². The van der Waals surface area contributed by atoms with Gasteiger partial charge in [0.05, 0.1) is 12.2 Å². The summed E-state index contributed by atoms with van der Waals surface area (Å²) in [4.78, 5) is 4.53. The molecule has 7 heteroatoms. The molecule has 0 radical (unpaired) electrons. The molecule has 0 amide bonds. The summed E-state index contributed by atoms with van der Waals surface area (Å²) in [5.41, 5.74) is 0. The third-order valence-corrected chi connectivity index (χ3v) is 2.51. The van der Waals surface area contributed by atoms with E-state index in [2.05, 4.69) is 48.5 Å². The van der Waals surface area contributed by atoms with E-state index in [4.69, 9.17) is 0 Å². The number of halogens is 2. The number of nitrogens with zero attached hydrogens (tertiary/aromatic N) is 2. The van der Waals surface area contributed by atoms with Gasteiger partial charge in [0.25, 0.3) is 0 Å². The topological polar surface area (TPSA) is 46.9 Å². The molecule has 17 heavy (non-hydrogen) atoms. The van der Waals surface area contributed by atoms with Crippen LogP contribution >= 0.6 is 38.7 Å². The summed E-state index contributed by atoms with van der Waals surface area (Å²) < 4.78 is 0. The Labute approximate surface area is 134 Å². The molecule has 0 spiro atoms. The molecule has 1 aliphatic heterocycles. The summed E-state index contributed by atoms with van der Waals surface area (Å²) in [6.45, 7) is 9.17. The van der Waals surface area contributed by atoms with Gasteiger partial charge >= 0.3 is 49.9 Å². The average molecular weight is 651 g/mol. The van der Waals surface area contributed by atoms with Crippen LogP contribution in [0.4, 0.5) is 0 Å². The quantitative estimate of drug-likeness (QED) is 0.449. The molecular formula is C10H22I2N2O2Pt+2. The fourth-order valence-electron chi connectivity index (χ4n) is 1.90. The zero-order chi connectivity index (χ0) is 13.3. The van der Waals surface area contributed by atoms with Gasteiger partial charge in [0.1, 0.15) is 0 Å². The minimum atomic E-state index is -0.238. The van der Waals surface area contributed by atoms with Gasteiger partial charge in [0, 0.05) is 39.3 Å². The van der Waals surface area contributed by atoms with Crippen molar-refractivity contribution in [1.29, 1.82) is 0 Å². The van der Waals surface area contributed by atoms with E-state index in [0.717, 1.165) is 39.3 Å². The Bertz CT molecular complexity index is 162. The molecule has 106 valence electrons. The van der Waals surface area contributed by atoms with Crippen molar-refractivity contribution < 1.29 is 21.4 Å². The van der Waals surface area contributed by atoms with Crippen molar-refractivity contribution in [2.75, 3.05) is 39.3 Å². The Morgan fingerprint density at radius 1 is 0.941 bits per heavy atom. The van der Waals surface area contributed by atoms with E-state index < -0.39 is 0 Å². The first-order chi connectivity index (χ1) is 7.99. The van der Waals surface area contributed by atoms with Crippen LogP contribution in [0.25, 0.3) is 0 Å². The molecular weight excluding hydrogens is 629 g/mol. The molecule has 0 aromatic heterocycles. The van der Waals surface area contributed by atoms with Crippen molar-refractivity contribution in [3.05, 3.63) is 0 Å². The number of hydrogen-bond donors (Lipinski definition) is 2. The summed E-state index contributed by atoms with van der Waals surface area (Å²) in [5.74, 6) is 0. The molecule has 2 atom stereocenters. The summed E-state index contributed by atoms with van der Waals surface area (Å²) in [7, 11) is 0. The molecule has 2 unspecified atom stereocenters. The molecule has 1 heterocycles. The minimum absolute atomic E-state index is 0.238. The molecule has 0 aliphatic carbocycles. The number of piperazine rings is 1. The second-order valence-corrected chi connectivity index (χ2v) is 20.9. The summed E-state index contributed by atoms with van der Waals surface area (Å²) >= 11 is 5.30. The van der Waals surface area contributed by atoms with E-state index >= 15 is 0 Å². The molecule has 1 aliphatic rings. The number of aliphatic hydroxyl groups is 2. The van der Waals surface area contributed by atoms with Crippen molar-refractivity contribution >= 4 is 38.7 Å². The van der Waals surface area contributed by atoms with Crippen LogP contribution in [0.15, 0.2) is 0 Å². The first-order valence-corrected chi connectivity index (χ1v) is 18.5. The van der Waals surface area contributed by atoms with E-state index in [0.29, 0.717) is 11.2 Å². The second kappa shape index (κ2) is 11.8. The molecule has 1 saturated heterocycles. The van der Waals surface area contributed by atoms with Crippen LogP contribution in [0.3, 0.4) is 0 Å². The molecule has 0 bridgehead atoms. The molecule has 1 rings (SSSR count). The van der Waals surface area contributed by atoms with Crippen LogP contribution in [-0.4, -0.2) is 71.5 Å². The van der Waals surface area contributed by atoms with Crippen molar-refractivity contribution in [2.45, 2.75) is 26.1 Å². The van der Waals surface area contributed by atoms with E-state index in [9.17, 15) is 10.2 Å². The standard InChI is InChI=1S/C10H22N2O2.2HI.Pt/c1-9(13)7-11-3-5-12(6-4-11)8-10(2)14;;;/h9-10,13-14H,3-8H2,1-2H3;2*1H;/q;;;+4/p-2. The van der Waals surface area contributed by atoms with Gasteiger partial charge in [-0.15, -0.1) is 0 Å². The monoisotopic (exact) mass is 651 g/mol. The number of hydrogen-bond acceptors (Lipinski definition) is 4. The molecule has 2 N–H and O–H groups in total. The van der Waals surface area contributed by atoms with Crippen molar-refractivity contribution in [2.24, 2.45) is 0 Å². The SMILES string of the molecule is CC(O)CN1CCN(CC(C)O)CC1.[I][Pt+2][I]. The van der Waals surface area contributed by atoms with Gasteiger partial charge in [-0.1, -0.05) is 0 Å². The average Bonchev–Trinajstić information content (AvgIpc) is 2.20. The summed E-state index contributed by atoms with van der Waals surface area (Å²) in [6.07, 6.45) is -0.475. The fourth-order valence-corrected chi connectivity index (χ4v) is 1.90. The first-order valence-electron chi connectivity index (χ1n) is 5.62. The third kappa shape index (κ3) is 11.5. The number of β-amino-alcohol motifs (C(OH)–C–C–N with tert-alkyl or cyclic N) is 2. The summed E-state index contributed by atoms with van der Waals surface area (Å²) in [6, 6.07) is 0. The maximum atomic E-state index is 9.22. The molecule has 0 saturated carbocycles. The van der Waals surface area contributed by atoms with Gasteiger partial charge < -0.3 is 10.2 Å². The Morgan fingerprint density at radius 2 is 1.18 bits per heavy atom. The molecule has 4 nitrogen and oxygen atoms in total. The number of aliphatic hydroxyl groups excluding tert-OH is 2. The Morgan fingerprint density at radius 3 is 1.35 bits per heavy atom. The van der Waals surface area contributed by atoms with Crippen molar-refractivity contribution in [3.63, 3.8) is 0 Å². The van der Waals surface area contributed by atoms with Gasteiger partial charge in [-0.05, 0) is 13.8 Å². The fraction of sp³-hybridized carbons (Fsp3) is 1.00.